The van der Waals surface area contributed by atoms with Gasteiger partial charge in [-0.15, -0.1) is 0 Å². The van der Waals surface area contributed by atoms with E-state index in [1.807, 2.05) is 0 Å². The van der Waals surface area contributed by atoms with Crippen molar-refractivity contribution in [3.05, 3.63) is 41.4 Å². The van der Waals surface area contributed by atoms with E-state index in [4.69, 9.17) is 16.7 Å². The van der Waals surface area contributed by atoms with Gasteiger partial charge >= 0.3 is 5.97 Å². The molecule has 2 heterocycles. The number of anilines is 2. The van der Waals surface area contributed by atoms with E-state index >= 15 is 0 Å². The number of carboxylic acids is 1. The topological polar surface area (TPSA) is 92.9 Å². The smallest absolute Gasteiger partial charge is 0.335 e. The molecule has 0 radical (unpaired) electrons. The fourth-order valence-corrected chi connectivity index (χ4v) is 3.46. The van der Waals surface area contributed by atoms with Crippen LogP contribution < -0.4 is 5.32 Å². The Bertz CT molecular complexity index is 949. The van der Waals surface area contributed by atoms with Crippen molar-refractivity contribution in [2.24, 2.45) is 0 Å². The summed E-state index contributed by atoms with van der Waals surface area (Å²) in [6, 6.07) is 6.90. The summed E-state index contributed by atoms with van der Waals surface area (Å²) in [5, 5.41) is 12.4. The van der Waals surface area contributed by atoms with Crippen LogP contribution in [0.2, 0.25) is 5.28 Å². The third kappa shape index (κ3) is 3.02. The van der Waals surface area contributed by atoms with Crippen LogP contribution in [0.3, 0.4) is 0 Å². The number of aromatic nitrogens is 4. The van der Waals surface area contributed by atoms with Crippen LogP contribution in [0.5, 0.6) is 0 Å². The first-order valence-electron chi connectivity index (χ1n) is 8.12. The molecule has 4 rings (SSSR count). The monoisotopic (exact) mass is 357 g/mol. The number of nitrogens with zero attached hydrogens (tertiary/aromatic N) is 4. The SMILES string of the molecule is O=C(O)c1cccc(Nc2nc(Cl)nc3c2ncn3C2CCCC2)c1. The van der Waals surface area contributed by atoms with Gasteiger partial charge in [0.05, 0.1) is 11.9 Å². The molecule has 1 fully saturated rings. The summed E-state index contributed by atoms with van der Waals surface area (Å²) < 4.78 is 2.06. The first-order chi connectivity index (χ1) is 12.1. The number of benzene rings is 1. The van der Waals surface area contributed by atoms with Gasteiger partial charge in [-0.25, -0.2) is 9.78 Å². The molecule has 8 heteroatoms. The zero-order valence-corrected chi connectivity index (χ0v) is 14.1. The normalized spacial score (nSPS) is 14.9. The molecule has 1 aliphatic rings. The molecule has 1 aliphatic carbocycles. The van der Waals surface area contributed by atoms with Crippen LogP contribution in [0.4, 0.5) is 11.5 Å². The number of fused-ring (bicyclic) bond motifs is 1. The average Bonchev–Trinajstić information content (AvgIpc) is 3.24. The van der Waals surface area contributed by atoms with E-state index in [1.54, 1.807) is 18.5 Å². The van der Waals surface area contributed by atoms with Crippen LogP contribution in [0.15, 0.2) is 30.6 Å². The number of imidazole rings is 1. The largest absolute Gasteiger partial charge is 0.478 e. The Kier molecular flexibility index (Phi) is 4.01. The van der Waals surface area contributed by atoms with Gasteiger partial charge in [0.15, 0.2) is 17.0 Å². The number of nitrogens with one attached hydrogen (secondary N) is 1. The third-order valence-electron chi connectivity index (χ3n) is 4.48. The Balaban J connectivity index is 1.74. The second-order valence-corrected chi connectivity index (χ2v) is 6.45. The molecule has 0 bridgehead atoms. The average molecular weight is 358 g/mol. The van der Waals surface area contributed by atoms with Gasteiger partial charge in [0.25, 0.3) is 0 Å². The molecule has 1 saturated carbocycles. The summed E-state index contributed by atoms with van der Waals surface area (Å²) in [6.07, 6.45) is 6.41. The minimum atomic E-state index is -0.986. The molecule has 0 amide bonds. The molecule has 0 saturated heterocycles. The molecule has 0 aliphatic heterocycles. The zero-order valence-electron chi connectivity index (χ0n) is 13.3. The molecule has 1 aromatic carbocycles. The molecule has 2 N–H and O–H groups in total. The summed E-state index contributed by atoms with van der Waals surface area (Å²) in [5.41, 5.74) is 2.12. The molecule has 7 nitrogen and oxygen atoms in total. The maximum Gasteiger partial charge on any atom is 0.335 e. The number of hydrogen-bond acceptors (Lipinski definition) is 5. The fourth-order valence-electron chi connectivity index (χ4n) is 3.29. The van der Waals surface area contributed by atoms with Crippen molar-refractivity contribution in [3.8, 4) is 0 Å². The minimum Gasteiger partial charge on any atom is -0.478 e. The summed E-state index contributed by atoms with van der Waals surface area (Å²) >= 11 is 6.11. The molecule has 3 aromatic rings. The van der Waals surface area contributed by atoms with Gasteiger partial charge in [-0.2, -0.15) is 9.97 Å². The van der Waals surface area contributed by atoms with Crippen LogP contribution >= 0.6 is 11.6 Å². The van der Waals surface area contributed by atoms with E-state index in [2.05, 4.69) is 24.8 Å². The van der Waals surface area contributed by atoms with E-state index in [0.29, 0.717) is 28.7 Å². The fraction of sp³-hybridized carbons (Fsp3) is 0.294. The van der Waals surface area contributed by atoms with Gasteiger partial charge in [-0.3, -0.25) is 0 Å². The maximum atomic E-state index is 11.1. The molecule has 0 unspecified atom stereocenters. The van der Waals surface area contributed by atoms with Crippen LogP contribution in [-0.4, -0.2) is 30.6 Å². The lowest BCUT2D eigenvalue weighted by atomic mass is 10.2. The van der Waals surface area contributed by atoms with E-state index in [0.717, 1.165) is 12.8 Å². The molecule has 2 aromatic heterocycles. The number of hydrogen-bond donors (Lipinski definition) is 2. The Hall–Kier alpha value is -2.67. The number of rotatable bonds is 4. The second-order valence-electron chi connectivity index (χ2n) is 6.11. The summed E-state index contributed by atoms with van der Waals surface area (Å²) in [7, 11) is 0. The van der Waals surface area contributed by atoms with Crippen LogP contribution in [0, 0.1) is 0 Å². The van der Waals surface area contributed by atoms with E-state index in [1.165, 1.54) is 25.0 Å². The van der Waals surface area contributed by atoms with Gasteiger partial charge in [-0.1, -0.05) is 18.9 Å². The number of carboxylic acid groups (broad SMARTS) is 1. The summed E-state index contributed by atoms with van der Waals surface area (Å²) in [6.45, 7) is 0. The highest BCUT2D eigenvalue weighted by atomic mass is 35.5. The summed E-state index contributed by atoms with van der Waals surface area (Å²) in [5.74, 6) is -0.519. The van der Waals surface area contributed by atoms with Crippen molar-refractivity contribution >= 4 is 40.2 Å². The highest BCUT2D eigenvalue weighted by Gasteiger charge is 2.21. The van der Waals surface area contributed by atoms with Gasteiger partial charge in [0, 0.05) is 11.7 Å². The highest BCUT2D eigenvalue weighted by Crippen LogP contribution is 2.33. The Morgan fingerprint density at radius 2 is 2.08 bits per heavy atom. The van der Waals surface area contributed by atoms with Gasteiger partial charge in [0.2, 0.25) is 5.28 Å². The maximum absolute atomic E-state index is 11.1. The van der Waals surface area contributed by atoms with E-state index in [-0.39, 0.29) is 10.8 Å². The Morgan fingerprint density at radius 1 is 1.28 bits per heavy atom. The first kappa shape index (κ1) is 15.8. The van der Waals surface area contributed by atoms with Crippen molar-refractivity contribution in [2.75, 3.05) is 5.32 Å². The number of aromatic carboxylic acids is 1. The quantitative estimate of drug-likeness (QED) is 0.684. The van der Waals surface area contributed by atoms with Crippen LogP contribution in [-0.2, 0) is 0 Å². The van der Waals surface area contributed by atoms with Gasteiger partial charge in [0.1, 0.15) is 0 Å². The van der Waals surface area contributed by atoms with E-state index in [9.17, 15) is 4.79 Å². The van der Waals surface area contributed by atoms with Crippen molar-refractivity contribution in [3.63, 3.8) is 0 Å². The lowest BCUT2D eigenvalue weighted by Crippen LogP contribution is -2.05. The predicted molar refractivity (Wildman–Crippen MR) is 94.5 cm³/mol. The predicted octanol–water partition coefficient (Wildman–Crippen LogP) is 4.04. The standard InChI is InChI=1S/C17H16ClN5O2/c18-17-21-14(20-11-5-3-4-10(8-11)16(24)25)13-15(22-17)23(9-19-13)12-6-1-2-7-12/h3-5,8-9,12H,1-2,6-7H2,(H,24,25)(H,20,21,22). The van der Waals surface area contributed by atoms with Crippen molar-refractivity contribution in [1.29, 1.82) is 0 Å². The van der Waals surface area contributed by atoms with Crippen LogP contribution in [0.25, 0.3) is 11.2 Å². The molecule has 0 atom stereocenters. The van der Waals surface area contributed by atoms with Gasteiger partial charge in [-0.05, 0) is 42.6 Å². The van der Waals surface area contributed by atoms with Crippen molar-refractivity contribution in [2.45, 2.75) is 31.7 Å². The Labute approximate surface area is 148 Å². The number of halogens is 1. The number of carbonyl (C=O) groups is 1. The first-order valence-corrected chi connectivity index (χ1v) is 8.50. The highest BCUT2D eigenvalue weighted by molar-refractivity contribution is 6.28. The molecule has 0 spiro atoms. The Morgan fingerprint density at radius 3 is 2.84 bits per heavy atom. The van der Waals surface area contributed by atoms with Crippen molar-refractivity contribution in [1.82, 2.24) is 19.5 Å². The minimum absolute atomic E-state index is 0.129. The summed E-state index contributed by atoms with van der Waals surface area (Å²) in [4.78, 5) is 24.2. The van der Waals surface area contributed by atoms with Gasteiger partial charge < -0.3 is 15.0 Å². The third-order valence-corrected chi connectivity index (χ3v) is 4.65. The zero-order chi connectivity index (χ0) is 17.4. The molecular formula is C17H16ClN5O2. The molecule has 25 heavy (non-hydrogen) atoms. The lowest BCUT2D eigenvalue weighted by molar-refractivity contribution is 0.0697. The lowest BCUT2D eigenvalue weighted by Gasteiger charge is -2.12. The molecular weight excluding hydrogens is 342 g/mol. The van der Waals surface area contributed by atoms with Crippen LogP contribution in [0.1, 0.15) is 42.1 Å². The van der Waals surface area contributed by atoms with E-state index < -0.39 is 5.97 Å². The second kappa shape index (κ2) is 6.33. The molecule has 128 valence electrons. The van der Waals surface area contributed by atoms with Crippen molar-refractivity contribution < 1.29 is 9.90 Å².